The zero-order valence-corrected chi connectivity index (χ0v) is 29.9. The Hall–Kier alpha value is -2.41. The summed E-state index contributed by atoms with van der Waals surface area (Å²) in [5.74, 6) is 0.686. The summed E-state index contributed by atoms with van der Waals surface area (Å²) in [5, 5.41) is 7.39. The van der Waals surface area contributed by atoms with Crippen molar-refractivity contribution >= 4 is 23.5 Å². The van der Waals surface area contributed by atoms with Gasteiger partial charge in [0.1, 0.15) is 6.10 Å². The Balaban J connectivity index is 1.43. The lowest BCUT2D eigenvalue weighted by Gasteiger charge is -2.33. The molecule has 6 rings (SSSR count). The van der Waals surface area contributed by atoms with E-state index >= 15 is 0 Å². The number of benzene rings is 3. The van der Waals surface area contributed by atoms with E-state index in [4.69, 9.17) is 22.8 Å². The van der Waals surface area contributed by atoms with Crippen LogP contribution in [0.2, 0.25) is 0 Å². The Morgan fingerprint density at radius 3 is 2.02 bits per heavy atom. The average Bonchev–Trinajstić information content (AvgIpc) is 3.62. The molecule has 0 bridgehead atoms. The molecule has 250 valence electrons. The fourth-order valence-electron chi connectivity index (χ4n) is 5.80. The normalized spacial score (nSPS) is 32.0. The summed E-state index contributed by atoms with van der Waals surface area (Å²) < 4.78 is 34.2. The Bertz CT molecular complexity index is 1490. The smallest absolute Gasteiger partial charge is 0.327 e. The van der Waals surface area contributed by atoms with E-state index in [2.05, 4.69) is 41.0 Å². The molecule has 2 heterocycles. The van der Waals surface area contributed by atoms with Gasteiger partial charge in [-0.2, -0.15) is 9.42 Å². The van der Waals surface area contributed by atoms with Crippen LogP contribution < -0.4 is 28.6 Å². The maximum Gasteiger partial charge on any atom is 0.514 e. The molecule has 2 aliphatic heterocycles. The van der Waals surface area contributed by atoms with Crippen LogP contribution in [-0.4, -0.2) is 34.5 Å². The molecule has 2 saturated heterocycles. The highest BCUT2D eigenvalue weighted by Crippen LogP contribution is 2.86. The summed E-state index contributed by atoms with van der Waals surface area (Å²) in [7, 11) is -9.63. The number of ether oxygens (including phenoxy) is 1. The molecule has 7 unspecified atom stereocenters. The first-order chi connectivity index (χ1) is 22.8. The fraction of sp³-hybridized carbons (Fsp3) is 0.371. The molecule has 0 aromatic heterocycles. The van der Waals surface area contributed by atoms with Crippen molar-refractivity contribution in [1.29, 1.82) is 0 Å². The van der Waals surface area contributed by atoms with Gasteiger partial charge in [0.25, 0.3) is 11.6 Å². The van der Waals surface area contributed by atoms with Gasteiger partial charge in [0.15, 0.2) is 17.2 Å². The van der Waals surface area contributed by atoms with Gasteiger partial charge in [-0.05, 0) is 63.1 Å². The minimum absolute atomic E-state index is 0.127. The maximum absolute atomic E-state index is 12.7. The lowest BCUT2D eigenvalue weighted by atomic mass is 10.1. The first-order valence-corrected chi connectivity index (χ1v) is 21.7. The van der Waals surface area contributed by atoms with Crippen molar-refractivity contribution < 1.29 is 27.7 Å². The van der Waals surface area contributed by atoms with Crippen molar-refractivity contribution in [2.24, 2.45) is 0 Å². The van der Waals surface area contributed by atoms with E-state index in [1.54, 1.807) is 0 Å². The van der Waals surface area contributed by atoms with Gasteiger partial charge in [-0.3, -0.25) is 9.05 Å². The van der Waals surface area contributed by atoms with Crippen molar-refractivity contribution in [3.63, 3.8) is 0 Å². The molecule has 3 aromatic rings. The highest BCUT2D eigenvalue weighted by Gasteiger charge is 2.89. The van der Waals surface area contributed by atoms with E-state index in [-0.39, 0.29) is 23.8 Å². The zero-order chi connectivity index (χ0) is 32.7. The first kappa shape index (κ1) is 34.5. The molecule has 1 aliphatic carbocycles. The van der Waals surface area contributed by atoms with Crippen LogP contribution in [0.25, 0.3) is 0 Å². The highest BCUT2D eigenvalue weighted by atomic mass is 31.3. The Morgan fingerprint density at radius 2 is 1.43 bits per heavy atom. The largest absolute Gasteiger partial charge is 0.514 e. The first-order valence-electron chi connectivity index (χ1n) is 16.5. The number of para-hydroxylation sites is 3. The zero-order valence-electron chi connectivity index (χ0n) is 27.2. The molecular formula is C35H47N3O6P3+3. The fourth-order valence-corrected chi connectivity index (χ4v) is 16.7. The van der Waals surface area contributed by atoms with Crippen LogP contribution in [0.1, 0.15) is 52.9 Å². The van der Waals surface area contributed by atoms with E-state index in [9.17, 15) is 4.89 Å². The third kappa shape index (κ3) is 8.43. The van der Waals surface area contributed by atoms with Crippen LogP contribution in [0.4, 0.5) is 0 Å². The summed E-state index contributed by atoms with van der Waals surface area (Å²) in [4.78, 5) is 16.2. The number of rotatable bonds is 14. The number of hydrogen-bond donors (Lipinski definition) is 4. The molecule has 8 atom stereocenters. The predicted molar refractivity (Wildman–Crippen MR) is 193 cm³/mol. The monoisotopic (exact) mass is 698 g/mol. The Labute approximate surface area is 280 Å². The van der Waals surface area contributed by atoms with Crippen LogP contribution in [-0.2, 0) is 9.26 Å². The van der Waals surface area contributed by atoms with Crippen LogP contribution in [0.15, 0.2) is 115 Å². The van der Waals surface area contributed by atoms with Crippen molar-refractivity contribution in [2.75, 3.05) is 0 Å². The van der Waals surface area contributed by atoms with Crippen LogP contribution >= 0.6 is 23.5 Å². The van der Waals surface area contributed by atoms with Crippen LogP contribution in [0, 0.1) is 0 Å². The molecule has 0 radical (unpaired) electrons. The summed E-state index contributed by atoms with van der Waals surface area (Å²) in [5.41, 5.74) is 0. The SMILES string of the molecule is CCCCCC(C)O[P+]1(Oc2ccccc2)N[P+](O)(Oc2ccccc2)NC2C(O[C@H]3C=CC=CC3)[P+]2(Oc2ccccc2)NC1C. The molecule has 12 heteroatoms. The van der Waals surface area contributed by atoms with Crippen molar-refractivity contribution in [3.8, 4) is 17.2 Å². The maximum atomic E-state index is 12.7. The van der Waals surface area contributed by atoms with E-state index in [0.29, 0.717) is 11.5 Å². The van der Waals surface area contributed by atoms with Gasteiger partial charge in [0.05, 0.1) is 11.0 Å². The number of fused-ring (bicyclic) bond motifs is 1. The Kier molecular flexibility index (Phi) is 11.3. The third-order valence-electron chi connectivity index (χ3n) is 8.22. The standard InChI is InChI=1S/C35H47N3O6P3/c1-4-5-10-19-28(2)41-46(43-32-24-15-8-16-25-32)29(3)36-45(42-31-22-13-7-14-23-31)34(35(45)40-30-20-11-6-12-21-30)37-47(39,38-46)44-33-26-17-9-18-27-33/h6-9,11-18,20,22-30,34-39H,4-5,10,19,21H2,1-3H3/q+3/t28?,29?,30-,34?,35?,45?,46?,47?/m0/s1. The quantitative estimate of drug-likeness (QED) is 0.0970. The molecule has 3 aromatic carbocycles. The number of unbranched alkanes of at least 4 members (excludes halogenated alkanes) is 2. The number of allylic oxidation sites excluding steroid dienone is 2. The van der Waals surface area contributed by atoms with Gasteiger partial charge >= 0.3 is 23.5 Å². The Morgan fingerprint density at radius 1 is 0.809 bits per heavy atom. The summed E-state index contributed by atoms with van der Waals surface area (Å²) >= 11 is 0. The highest BCUT2D eigenvalue weighted by molar-refractivity contribution is 7.84. The van der Waals surface area contributed by atoms with E-state index in [1.807, 2.05) is 110 Å². The second-order valence-corrected chi connectivity index (χ2v) is 19.8. The van der Waals surface area contributed by atoms with E-state index in [0.717, 1.165) is 37.9 Å². The topological polar surface area (TPSA) is 102 Å². The lowest BCUT2D eigenvalue weighted by Crippen LogP contribution is -2.45. The summed E-state index contributed by atoms with van der Waals surface area (Å²) in [6, 6.07) is 28.7. The lowest BCUT2D eigenvalue weighted by molar-refractivity contribution is 0.0790. The molecule has 3 aliphatic rings. The number of nitrogens with one attached hydrogen (secondary N) is 3. The molecule has 2 fully saturated rings. The minimum Gasteiger partial charge on any atom is -0.327 e. The van der Waals surface area contributed by atoms with E-state index in [1.165, 1.54) is 0 Å². The summed E-state index contributed by atoms with van der Waals surface area (Å²) in [6.07, 6.45) is 12.8. The molecule has 9 nitrogen and oxygen atoms in total. The van der Waals surface area contributed by atoms with Gasteiger partial charge in [0, 0.05) is 0 Å². The van der Waals surface area contributed by atoms with Gasteiger partial charge < -0.3 is 9.26 Å². The van der Waals surface area contributed by atoms with Crippen molar-refractivity contribution in [3.05, 3.63) is 115 Å². The van der Waals surface area contributed by atoms with Crippen LogP contribution in [0.3, 0.4) is 0 Å². The van der Waals surface area contributed by atoms with Crippen molar-refractivity contribution in [2.45, 2.75) is 82.5 Å². The van der Waals surface area contributed by atoms with Gasteiger partial charge in [-0.25, -0.2) is 0 Å². The van der Waals surface area contributed by atoms with Crippen LogP contribution in [0.5, 0.6) is 17.2 Å². The molecule has 0 saturated carbocycles. The average molecular weight is 699 g/mol. The van der Waals surface area contributed by atoms with Gasteiger partial charge in [-0.15, -0.1) is 5.09 Å². The minimum atomic E-state index is -3.70. The van der Waals surface area contributed by atoms with Gasteiger partial charge in [-0.1, -0.05) is 110 Å². The molecule has 4 N–H and O–H groups in total. The number of hydrogen-bond acceptors (Lipinski definition) is 9. The summed E-state index contributed by atoms with van der Waals surface area (Å²) in [6.45, 7) is 6.31. The molecule has 0 amide bonds. The third-order valence-corrected chi connectivity index (χ3v) is 17.6. The molecular weight excluding hydrogens is 651 g/mol. The second-order valence-electron chi connectivity index (χ2n) is 12.1. The van der Waals surface area contributed by atoms with E-state index < -0.39 is 29.3 Å². The predicted octanol–water partition coefficient (Wildman–Crippen LogP) is 9.18. The van der Waals surface area contributed by atoms with Gasteiger partial charge in [0.2, 0.25) is 5.78 Å². The van der Waals surface area contributed by atoms with Crippen molar-refractivity contribution in [1.82, 2.24) is 15.0 Å². The molecule has 47 heavy (non-hydrogen) atoms. The second kappa shape index (κ2) is 15.4. The molecule has 0 spiro atoms.